The summed E-state index contributed by atoms with van der Waals surface area (Å²) in [6, 6.07) is 0. The minimum atomic E-state index is -1.33. The van der Waals surface area contributed by atoms with Crippen LogP contribution in [0.25, 0.3) is 0 Å². The van der Waals surface area contributed by atoms with E-state index in [9.17, 15) is 0 Å². The van der Waals surface area contributed by atoms with Gasteiger partial charge in [0.15, 0.2) is 0 Å². The van der Waals surface area contributed by atoms with Crippen molar-refractivity contribution in [3.8, 4) is 0 Å². The first-order chi connectivity index (χ1) is 2.73. The molecule has 0 aliphatic carbocycles. The second-order valence-corrected chi connectivity index (χ2v) is 0. The van der Waals surface area contributed by atoms with Gasteiger partial charge in [-0.3, -0.25) is 0 Å². The van der Waals surface area contributed by atoms with Crippen molar-refractivity contribution in [2.24, 2.45) is 0 Å². The van der Waals surface area contributed by atoms with Crippen molar-refractivity contribution in [1.29, 1.82) is 5.59 Å². The van der Waals surface area contributed by atoms with Crippen LogP contribution in [0, 0.1) is 10.5 Å². The van der Waals surface area contributed by atoms with Crippen LogP contribution >= 0.6 is 0 Å². The molecular formula is C2H7NO2. The van der Waals surface area contributed by atoms with E-state index in [-0.39, 0.29) is 7.43 Å². The highest BCUT2D eigenvalue weighted by Gasteiger charge is 0.636. The van der Waals surface area contributed by atoms with Gasteiger partial charge in [-0.25, -0.2) is 0 Å². The minimum absolute atomic E-state index is 0. The molecule has 0 bridgehead atoms. The van der Waals surface area contributed by atoms with Crippen LogP contribution in [0.2, 0.25) is 0 Å². The fourth-order valence-electron chi connectivity index (χ4n) is 0. The molecule has 0 heterocycles. The predicted octanol–water partition coefficient (Wildman–Crippen LogP) is 0.783. The van der Waals surface area contributed by atoms with Crippen LogP contribution in [0.1, 0.15) is 10.2 Å². The summed E-state index contributed by atoms with van der Waals surface area (Å²) in [5, 5.41) is 0. The molecule has 0 rings (SSSR count). The largest absolute Gasteiger partial charge is 0.307 e. The lowest BCUT2D eigenvalue weighted by atomic mass is 11.9. The highest BCUT2D eigenvalue weighted by atomic mass is 16.2. The lowest BCUT2D eigenvalue weighted by molar-refractivity contribution is -0.0979. The normalized spacial score (nSPS) is 6.40. The van der Waals surface area contributed by atoms with Gasteiger partial charge in [-0.15, -0.1) is 0 Å². The van der Waals surface area contributed by atoms with Crippen molar-refractivity contribution < 1.29 is 7.54 Å². The quantitative estimate of drug-likeness (QED) is 0.438. The average Bonchev–Trinajstić information content (AvgIpc) is 1.41. The summed E-state index contributed by atoms with van der Waals surface area (Å²) in [4.78, 5) is 16.3. The van der Waals surface area contributed by atoms with E-state index >= 15 is 0 Å². The first-order valence-corrected chi connectivity index (χ1v) is 0.408. The Bertz CT molecular complexity index is 45.0. The molecule has 0 spiro atoms. The van der Waals surface area contributed by atoms with Crippen LogP contribution in [0.5, 0.6) is 0 Å². The van der Waals surface area contributed by atoms with Crippen LogP contribution < -0.4 is 0 Å². The third kappa shape index (κ3) is 9.90. The van der Waals surface area contributed by atoms with E-state index < -0.39 is 6.74 Å². The first-order valence-electron chi connectivity index (χ1n) is 1.41. The molecule has 0 saturated heterocycles. The van der Waals surface area contributed by atoms with E-state index in [4.69, 9.17) is 12.4 Å². The number of carbonyl (C=O) groups excluding carboxylic acids is 1. The molecule has 3 heteroatoms. The first kappa shape index (κ1) is 4.27. The zero-order valence-corrected chi connectivity index (χ0v) is 1.82. The zero-order chi connectivity index (χ0) is 5.58. The van der Waals surface area contributed by atoms with Crippen molar-refractivity contribution >= 4 is 6.74 Å². The molecule has 0 radical (unpaired) electrons. The van der Waals surface area contributed by atoms with Crippen molar-refractivity contribution in [2.45, 2.75) is 7.43 Å². The summed E-state index contributed by atoms with van der Waals surface area (Å²) < 4.78 is 11.2. The predicted molar refractivity (Wildman–Crippen MR) is 19.9 cm³/mol. The van der Waals surface area contributed by atoms with Crippen molar-refractivity contribution in [3.63, 3.8) is 0 Å². The van der Waals surface area contributed by atoms with E-state index in [0.29, 0.717) is 0 Å². The molecule has 0 amide bonds. The summed E-state index contributed by atoms with van der Waals surface area (Å²) in [5.74, 6) is 0. The number of hydrogen-bond donors (Lipinski definition) is 1. The van der Waals surface area contributed by atoms with Gasteiger partial charge < -0.3 is 4.79 Å². The van der Waals surface area contributed by atoms with Crippen LogP contribution in [0.15, 0.2) is 0 Å². The Kier molecular flexibility index (Phi) is 27.0. The summed E-state index contributed by atoms with van der Waals surface area (Å²) in [6.45, 7) is -1.33. The molecule has 32 valence electrons. The van der Waals surface area contributed by atoms with E-state index in [1.807, 2.05) is 0 Å². The lowest BCUT2D eigenvalue weighted by Gasteiger charge is -0.837. The molecule has 0 saturated carbocycles. The minimum Gasteiger partial charge on any atom is -0.307 e. The monoisotopic (exact) mass is 81.1 g/mol. The van der Waals surface area contributed by atoms with Crippen LogP contribution in [0.4, 0.5) is 0 Å². The van der Waals surface area contributed by atoms with E-state index in [1.54, 1.807) is 0 Å². The van der Waals surface area contributed by atoms with Gasteiger partial charge in [0.1, 0.15) is 9.48 Å². The summed E-state index contributed by atoms with van der Waals surface area (Å²) in [7, 11) is 0. The summed E-state index contributed by atoms with van der Waals surface area (Å²) in [6.07, 6.45) is 0. The number of hydrogen-bond acceptors (Lipinski definition) is 3. The van der Waals surface area contributed by atoms with Gasteiger partial charge in [-0.1, -0.05) is 13.0 Å². The van der Waals surface area contributed by atoms with Gasteiger partial charge in [-0.2, -0.15) is 4.91 Å². The molecule has 1 N–H and O–H groups in total. The molecule has 3 nitrogen and oxygen atoms in total. The van der Waals surface area contributed by atoms with Gasteiger partial charge in [0.05, 0.1) is 0 Å². The van der Waals surface area contributed by atoms with Crippen molar-refractivity contribution in [1.82, 2.24) is 0 Å². The zero-order valence-electron chi connectivity index (χ0n) is 3.82. The van der Waals surface area contributed by atoms with Crippen LogP contribution in [-0.2, 0) is 4.79 Å². The summed E-state index contributed by atoms with van der Waals surface area (Å²) >= 11 is 0. The van der Waals surface area contributed by atoms with Gasteiger partial charge >= 0.3 is 0 Å². The van der Waals surface area contributed by atoms with Crippen molar-refractivity contribution in [2.75, 3.05) is 0 Å². The maximum Gasteiger partial charge on any atom is 0.106 e. The van der Waals surface area contributed by atoms with E-state index in [1.165, 1.54) is 0 Å². The Morgan fingerprint density at radius 1 is 1.80 bits per heavy atom. The highest BCUT2D eigenvalue weighted by Crippen LogP contribution is 0.766. The van der Waals surface area contributed by atoms with Gasteiger partial charge in [0, 0.05) is 0 Å². The Balaban J connectivity index is -0.0000000480. The lowest BCUT2D eigenvalue weighted by Crippen LogP contribution is -0.925. The Hall–Kier alpha value is -0.730. The molecule has 0 aliphatic heterocycles. The smallest absolute Gasteiger partial charge is 0.106 e. The molecule has 5 heavy (non-hydrogen) atoms. The highest BCUT2D eigenvalue weighted by molar-refractivity contribution is 5.10. The Morgan fingerprint density at radius 2 is 1.80 bits per heavy atom. The van der Waals surface area contributed by atoms with Crippen LogP contribution in [0.3, 0.4) is 0 Å². The average molecular weight is 81.1 g/mol. The van der Waals surface area contributed by atoms with Crippen molar-refractivity contribution in [3.05, 3.63) is 4.91 Å². The standard InChI is InChI=1S/CH2O.CH4.HNO/c1-2;;1-2/h1H2;1H4;1H/i1T2;;. The number of nitroso groups, excluding NO2 is 1. The Morgan fingerprint density at radius 3 is 1.80 bits per heavy atom. The molecule has 0 fully saturated rings. The molecule has 0 aromatic rings. The Labute approximate surface area is 33.6 Å². The third-order valence-corrected chi connectivity index (χ3v) is 0. The molecular weight excluding hydrogens is 70.0 g/mol. The molecule has 0 aliphatic rings. The maximum atomic E-state index is 8.78. The van der Waals surface area contributed by atoms with Crippen LogP contribution in [-0.4, -0.2) is 6.74 Å². The third-order valence-electron chi connectivity index (χ3n) is 0. The molecule has 0 unspecified atom stereocenters. The maximum absolute atomic E-state index is 8.78. The van der Waals surface area contributed by atoms with Gasteiger partial charge in [-0.05, 0) is 0 Å². The van der Waals surface area contributed by atoms with E-state index in [0.717, 1.165) is 0 Å². The van der Waals surface area contributed by atoms with Gasteiger partial charge in [0.2, 0.25) is 0 Å². The molecule has 0 aromatic carbocycles. The number of carbonyl (C=O) groups is 1. The SMILES string of the molecule is C.N=O.[3H]C([3H])=O. The fraction of sp³-hybridized carbons (Fsp3) is 0.500. The summed E-state index contributed by atoms with van der Waals surface area (Å²) in [5.41, 5.74) is 4.50. The topological polar surface area (TPSA) is 58.0 Å². The molecule has 0 atom stereocenters. The van der Waals surface area contributed by atoms with E-state index in [2.05, 4.69) is 5.59 Å². The number of nitrogens with one attached hydrogen (secondary N) is 1. The molecule has 0 aromatic heterocycles. The second-order valence-electron chi connectivity index (χ2n) is 0. The number of rotatable bonds is 0. The second kappa shape index (κ2) is 31.6. The fourth-order valence-corrected chi connectivity index (χ4v) is 0. The van der Waals surface area contributed by atoms with Gasteiger partial charge in [0.25, 0.3) is 0 Å².